The van der Waals surface area contributed by atoms with E-state index in [4.69, 9.17) is 10.2 Å². The number of aliphatic hydroxyl groups is 1. The second-order valence-corrected chi connectivity index (χ2v) is 13.6. The SMILES string of the molecule is CCCCCCCCCCCC(=O)N[C@@H](CCC(=O)O)C(=O)O.CCCCCCCCCCCCCCCCCCCCC(C)O. The number of hydrogen-bond donors (Lipinski definition) is 4. The maximum absolute atomic E-state index is 11.7. The molecule has 0 heterocycles. The predicted octanol–water partition coefficient (Wildman–Crippen LogP) is 11.1. The van der Waals surface area contributed by atoms with Gasteiger partial charge in [-0.25, -0.2) is 4.79 Å². The Balaban J connectivity index is 0. The number of rotatable bonds is 34. The Morgan fingerprint density at radius 3 is 1.11 bits per heavy atom. The van der Waals surface area contributed by atoms with Crippen LogP contribution in [0.1, 0.15) is 220 Å². The third-order valence-electron chi connectivity index (χ3n) is 8.76. The lowest BCUT2D eigenvalue weighted by Crippen LogP contribution is -2.41. The van der Waals surface area contributed by atoms with Crippen molar-refractivity contribution >= 4 is 17.8 Å². The smallest absolute Gasteiger partial charge is 0.326 e. The zero-order valence-corrected chi connectivity index (χ0v) is 30.6. The largest absolute Gasteiger partial charge is 0.481 e. The Hall–Kier alpha value is -1.63. The van der Waals surface area contributed by atoms with Gasteiger partial charge in [-0.2, -0.15) is 0 Å². The summed E-state index contributed by atoms with van der Waals surface area (Å²) < 4.78 is 0. The van der Waals surface area contributed by atoms with Crippen molar-refractivity contribution in [3.63, 3.8) is 0 Å². The molecule has 2 atom stereocenters. The number of carboxylic acid groups (broad SMARTS) is 2. The van der Waals surface area contributed by atoms with Crippen LogP contribution in [-0.4, -0.2) is 45.3 Å². The summed E-state index contributed by atoms with van der Waals surface area (Å²) in [5.41, 5.74) is 0. The summed E-state index contributed by atoms with van der Waals surface area (Å²) in [6.45, 7) is 6.38. The van der Waals surface area contributed by atoms with Gasteiger partial charge >= 0.3 is 11.9 Å². The minimum atomic E-state index is -1.19. The third kappa shape index (κ3) is 40.4. The van der Waals surface area contributed by atoms with Crippen molar-refractivity contribution in [2.24, 2.45) is 0 Å². The van der Waals surface area contributed by atoms with Crippen LogP contribution in [-0.2, 0) is 14.4 Å². The van der Waals surface area contributed by atoms with E-state index in [2.05, 4.69) is 19.2 Å². The van der Waals surface area contributed by atoms with Crippen LogP contribution >= 0.6 is 0 Å². The van der Waals surface area contributed by atoms with Gasteiger partial charge in [0, 0.05) is 12.8 Å². The van der Waals surface area contributed by atoms with Gasteiger partial charge in [0.2, 0.25) is 5.91 Å². The van der Waals surface area contributed by atoms with E-state index < -0.39 is 18.0 Å². The highest BCUT2D eigenvalue weighted by atomic mass is 16.4. The van der Waals surface area contributed by atoms with Crippen molar-refractivity contribution in [3.8, 4) is 0 Å². The van der Waals surface area contributed by atoms with Gasteiger partial charge in [0.1, 0.15) is 6.04 Å². The summed E-state index contributed by atoms with van der Waals surface area (Å²) in [6.07, 6.45) is 36.7. The van der Waals surface area contributed by atoms with Crippen LogP contribution in [0.3, 0.4) is 0 Å². The molecule has 0 spiro atoms. The molecule has 0 rings (SSSR count). The summed E-state index contributed by atoms with van der Waals surface area (Å²) in [5.74, 6) is -2.57. The van der Waals surface area contributed by atoms with Crippen molar-refractivity contribution in [2.45, 2.75) is 232 Å². The van der Waals surface area contributed by atoms with Crippen LogP contribution in [0, 0.1) is 0 Å². The van der Waals surface area contributed by atoms with Crippen LogP contribution in [0.25, 0.3) is 0 Å². The molecule has 0 fully saturated rings. The van der Waals surface area contributed by atoms with Gasteiger partial charge in [0.25, 0.3) is 0 Å². The maximum atomic E-state index is 11.7. The molecule has 1 unspecified atom stereocenters. The summed E-state index contributed by atoms with van der Waals surface area (Å²) in [6, 6.07) is -1.11. The van der Waals surface area contributed by atoms with Crippen LogP contribution in [0.5, 0.6) is 0 Å². The fraction of sp³-hybridized carbons (Fsp3) is 0.923. The van der Waals surface area contributed by atoms with Crippen LogP contribution < -0.4 is 5.32 Å². The number of amides is 1. The Morgan fingerprint density at radius 1 is 0.478 bits per heavy atom. The summed E-state index contributed by atoms with van der Waals surface area (Å²) >= 11 is 0. The topological polar surface area (TPSA) is 124 Å². The number of nitrogens with one attached hydrogen (secondary N) is 1. The van der Waals surface area contributed by atoms with Gasteiger partial charge < -0.3 is 20.6 Å². The quantitative estimate of drug-likeness (QED) is 0.0511. The number of unbranched alkanes of at least 4 members (excludes halogenated alkanes) is 25. The van der Waals surface area contributed by atoms with Crippen LogP contribution in [0.2, 0.25) is 0 Å². The molecular weight excluding hydrogens is 578 g/mol. The molecule has 0 aliphatic heterocycles. The Labute approximate surface area is 284 Å². The molecule has 0 saturated carbocycles. The second-order valence-electron chi connectivity index (χ2n) is 13.6. The third-order valence-corrected chi connectivity index (χ3v) is 8.76. The molecule has 1 amide bonds. The summed E-state index contributed by atoms with van der Waals surface area (Å²) in [5, 5.41) is 29.1. The molecule has 7 heteroatoms. The normalized spacial score (nSPS) is 12.3. The number of aliphatic carboxylic acids is 2. The molecule has 0 aliphatic rings. The zero-order valence-electron chi connectivity index (χ0n) is 30.6. The van der Waals surface area contributed by atoms with Gasteiger partial charge in [-0.3, -0.25) is 9.59 Å². The van der Waals surface area contributed by atoms with Crippen molar-refractivity contribution in [3.05, 3.63) is 0 Å². The van der Waals surface area contributed by atoms with Crippen LogP contribution in [0.15, 0.2) is 0 Å². The average Bonchev–Trinajstić information content (AvgIpc) is 3.01. The van der Waals surface area contributed by atoms with Gasteiger partial charge in [0.15, 0.2) is 0 Å². The summed E-state index contributed by atoms with van der Waals surface area (Å²) in [4.78, 5) is 33.1. The average molecular weight is 656 g/mol. The van der Waals surface area contributed by atoms with Gasteiger partial charge in [-0.05, 0) is 26.2 Å². The molecule has 0 saturated heterocycles. The molecule has 0 aromatic rings. The van der Waals surface area contributed by atoms with Gasteiger partial charge in [0.05, 0.1) is 6.10 Å². The van der Waals surface area contributed by atoms with E-state index in [0.717, 1.165) is 25.7 Å². The number of carboxylic acids is 2. The first kappa shape index (κ1) is 46.5. The van der Waals surface area contributed by atoms with E-state index in [-0.39, 0.29) is 24.9 Å². The first-order valence-corrected chi connectivity index (χ1v) is 19.7. The van der Waals surface area contributed by atoms with Gasteiger partial charge in [-0.1, -0.05) is 181 Å². The molecule has 0 bridgehead atoms. The number of hydrogen-bond acceptors (Lipinski definition) is 4. The van der Waals surface area contributed by atoms with Crippen molar-refractivity contribution in [2.75, 3.05) is 0 Å². The van der Waals surface area contributed by atoms with Crippen molar-refractivity contribution in [1.82, 2.24) is 5.32 Å². The first-order valence-electron chi connectivity index (χ1n) is 19.7. The van der Waals surface area contributed by atoms with E-state index in [0.29, 0.717) is 6.42 Å². The van der Waals surface area contributed by atoms with E-state index in [1.165, 1.54) is 154 Å². The monoisotopic (exact) mass is 656 g/mol. The van der Waals surface area contributed by atoms with Crippen molar-refractivity contribution in [1.29, 1.82) is 0 Å². The lowest BCUT2D eigenvalue weighted by atomic mass is 10.0. The highest BCUT2D eigenvalue weighted by Crippen LogP contribution is 2.15. The second kappa shape index (κ2) is 37.8. The number of carbonyl (C=O) groups is 3. The highest BCUT2D eigenvalue weighted by Gasteiger charge is 2.20. The minimum absolute atomic E-state index is 0.0891. The van der Waals surface area contributed by atoms with Crippen LogP contribution in [0.4, 0.5) is 0 Å². The fourth-order valence-electron chi connectivity index (χ4n) is 5.73. The predicted molar refractivity (Wildman–Crippen MR) is 193 cm³/mol. The minimum Gasteiger partial charge on any atom is -0.481 e. The first-order chi connectivity index (χ1) is 22.2. The van der Waals surface area contributed by atoms with E-state index in [1.54, 1.807) is 0 Å². The molecule has 7 nitrogen and oxygen atoms in total. The molecule has 0 aromatic carbocycles. The van der Waals surface area contributed by atoms with E-state index in [9.17, 15) is 19.5 Å². The summed E-state index contributed by atoms with van der Waals surface area (Å²) in [7, 11) is 0. The molecule has 46 heavy (non-hydrogen) atoms. The van der Waals surface area contributed by atoms with E-state index >= 15 is 0 Å². The zero-order chi connectivity index (χ0) is 34.5. The molecule has 0 radical (unpaired) electrons. The Morgan fingerprint density at radius 2 is 0.804 bits per heavy atom. The Bertz CT molecular complexity index is 669. The number of carbonyl (C=O) groups excluding carboxylic acids is 1. The maximum Gasteiger partial charge on any atom is 0.326 e. The molecular formula is C39H77NO6. The van der Waals surface area contributed by atoms with E-state index in [1.807, 2.05) is 6.92 Å². The number of aliphatic hydroxyl groups excluding tert-OH is 1. The fourth-order valence-corrected chi connectivity index (χ4v) is 5.73. The lowest BCUT2D eigenvalue weighted by molar-refractivity contribution is -0.143. The standard InChI is InChI=1S/C22H46O.C17H31NO5/c1-3-4-5-6-7-8-9-10-11-12-13-14-15-16-17-18-19-20-21-22(2)23;1-2-3-4-5-6-7-8-9-10-11-15(19)18-14(17(22)23)12-13-16(20)21/h22-23H,3-21H2,1-2H3;14H,2-13H2,1H3,(H,18,19)(H,20,21)(H,22,23)/t;14-/m.0/s1. The highest BCUT2D eigenvalue weighted by molar-refractivity contribution is 5.83. The lowest BCUT2D eigenvalue weighted by Gasteiger charge is -2.13. The molecule has 274 valence electrons. The van der Waals surface area contributed by atoms with Crippen molar-refractivity contribution < 1.29 is 29.7 Å². The molecule has 0 aromatic heterocycles. The Kier molecular flexibility index (Phi) is 38.2. The molecule has 4 N–H and O–H groups in total. The van der Waals surface area contributed by atoms with Gasteiger partial charge in [-0.15, -0.1) is 0 Å². The molecule has 0 aliphatic carbocycles.